The van der Waals surface area contributed by atoms with Crippen molar-refractivity contribution >= 4 is 21.4 Å². The molecule has 0 amide bonds. The summed E-state index contributed by atoms with van der Waals surface area (Å²) < 4.78 is 24.5. The SMILES string of the molecule is CC(=NNS(=O)(=O)c1ccc(C)c([N+](=O)[O-])c1)c1ccc(C)cc1. The molecule has 0 heterocycles. The monoisotopic (exact) mass is 347 g/mol. The smallest absolute Gasteiger partial charge is 0.258 e. The number of hydrazone groups is 1. The number of nitro groups is 1. The highest BCUT2D eigenvalue weighted by atomic mass is 32.2. The highest BCUT2D eigenvalue weighted by Crippen LogP contribution is 2.22. The summed E-state index contributed by atoms with van der Waals surface area (Å²) in [7, 11) is -3.99. The second kappa shape index (κ2) is 6.79. The average molecular weight is 347 g/mol. The van der Waals surface area contributed by atoms with Crippen molar-refractivity contribution in [2.24, 2.45) is 5.10 Å². The summed E-state index contributed by atoms with van der Waals surface area (Å²) in [5.41, 5.74) is 2.48. The van der Waals surface area contributed by atoms with E-state index >= 15 is 0 Å². The number of nitro benzene ring substituents is 1. The Hall–Kier alpha value is -2.74. The number of rotatable bonds is 5. The van der Waals surface area contributed by atoms with Gasteiger partial charge in [0.1, 0.15) is 0 Å². The zero-order valence-electron chi connectivity index (χ0n) is 13.5. The number of hydrogen-bond acceptors (Lipinski definition) is 5. The summed E-state index contributed by atoms with van der Waals surface area (Å²) >= 11 is 0. The first kappa shape index (κ1) is 17.6. The first-order valence-corrected chi connectivity index (χ1v) is 8.57. The largest absolute Gasteiger partial charge is 0.276 e. The van der Waals surface area contributed by atoms with Crippen molar-refractivity contribution in [3.63, 3.8) is 0 Å². The van der Waals surface area contributed by atoms with Gasteiger partial charge in [0.05, 0.1) is 15.5 Å². The van der Waals surface area contributed by atoms with E-state index < -0.39 is 14.9 Å². The average Bonchev–Trinajstić information content (AvgIpc) is 2.53. The minimum atomic E-state index is -3.99. The molecule has 126 valence electrons. The molecule has 1 N–H and O–H groups in total. The standard InChI is InChI=1S/C16H17N3O4S/c1-11-4-7-14(8-5-11)13(3)17-18-24(22,23)15-9-6-12(2)16(10-15)19(20)21/h4-10,18H,1-3H3. The summed E-state index contributed by atoms with van der Waals surface area (Å²) in [6, 6.07) is 11.2. The lowest BCUT2D eigenvalue weighted by molar-refractivity contribution is -0.385. The molecule has 0 fully saturated rings. The predicted octanol–water partition coefficient (Wildman–Crippen LogP) is 2.91. The van der Waals surface area contributed by atoms with Crippen LogP contribution in [0.5, 0.6) is 0 Å². The molecule has 0 saturated carbocycles. The van der Waals surface area contributed by atoms with Crippen LogP contribution in [0.4, 0.5) is 5.69 Å². The maximum atomic E-state index is 12.3. The summed E-state index contributed by atoms with van der Waals surface area (Å²) in [6.07, 6.45) is 0. The Labute approximate surface area is 140 Å². The molecule has 0 aliphatic rings. The lowest BCUT2D eigenvalue weighted by atomic mass is 10.1. The van der Waals surface area contributed by atoms with E-state index in [9.17, 15) is 18.5 Å². The van der Waals surface area contributed by atoms with Gasteiger partial charge in [0, 0.05) is 11.6 Å². The second-order valence-electron chi connectivity index (χ2n) is 5.36. The molecule has 8 heteroatoms. The maximum absolute atomic E-state index is 12.3. The van der Waals surface area contributed by atoms with Crippen LogP contribution in [-0.4, -0.2) is 19.1 Å². The van der Waals surface area contributed by atoms with E-state index in [-0.39, 0.29) is 10.6 Å². The van der Waals surface area contributed by atoms with Crippen molar-refractivity contribution in [3.05, 3.63) is 69.3 Å². The van der Waals surface area contributed by atoms with Gasteiger partial charge in [-0.3, -0.25) is 10.1 Å². The van der Waals surface area contributed by atoms with E-state index in [4.69, 9.17) is 0 Å². The van der Waals surface area contributed by atoms with Crippen molar-refractivity contribution < 1.29 is 13.3 Å². The number of nitrogens with one attached hydrogen (secondary N) is 1. The molecule has 0 radical (unpaired) electrons. The van der Waals surface area contributed by atoms with Crippen LogP contribution in [0.1, 0.15) is 23.6 Å². The van der Waals surface area contributed by atoms with Gasteiger partial charge in [-0.25, -0.2) is 0 Å². The fourth-order valence-electron chi connectivity index (χ4n) is 1.99. The van der Waals surface area contributed by atoms with Crippen LogP contribution in [0.2, 0.25) is 0 Å². The van der Waals surface area contributed by atoms with E-state index in [0.717, 1.165) is 17.2 Å². The van der Waals surface area contributed by atoms with Gasteiger partial charge in [-0.05, 0) is 32.4 Å². The summed E-state index contributed by atoms with van der Waals surface area (Å²) in [6.45, 7) is 5.16. The molecule has 0 spiro atoms. The number of aryl methyl sites for hydroxylation is 2. The molecule has 0 atom stereocenters. The molecule has 0 aromatic heterocycles. The first-order chi connectivity index (χ1) is 11.2. The van der Waals surface area contributed by atoms with Crippen LogP contribution in [0.15, 0.2) is 52.5 Å². The van der Waals surface area contributed by atoms with Crippen molar-refractivity contribution in [2.45, 2.75) is 25.7 Å². The zero-order valence-corrected chi connectivity index (χ0v) is 14.3. The minimum absolute atomic E-state index is 0.208. The lowest BCUT2D eigenvalue weighted by Crippen LogP contribution is -2.20. The number of sulfonamides is 1. The number of nitrogens with zero attached hydrogens (tertiary/aromatic N) is 2. The van der Waals surface area contributed by atoms with Crippen molar-refractivity contribution in [1.82, 2.24) is 4.83 Å². The third-order valence-electron chi connectivity index (χ3n) is 3.49. The van der Waals surface area contributed by atoms with Crippen molar-refractivity contribution in [3.8, 4) is 0 Å². The Bertz CT molecular complexity index is 903. The highest BCUT2D eigenvalue weighted by molar-refractivity contribution is 7.89. The van der Waals surface area contributed by atoms with Gasteiger partial charge in [-0.1, -0.05) is 35.9 Å². The molecular formula is C16H17N3O4S. The van der Waals surface area contributed by atoms with Gasteiger partial charge >= 0.3 is 0 Å². The van der Waals surface area contributed by atoms with Crippen LogP contribution in [0, 0.1) is 24.0 Å². The minimum Gasteiger partial charge on any atom is -0.258 e. The van der Waals surface area contributed by atoms with Crippen LogP contribution >= 0.6 is 0 Å². The molecule has 0 bridgehead atoms. The molecule has 2 aromatic carbocycles. The Balaban J connectivity index is 2.28. The quantitative estimate of drug-likeness (QED) is 0.510. The summed E-state index contributed by atoms with van der Waals surface area (Å²) in [5, 5.41) is 14.8. The molecule has 0 aliphatic carbocycles. The molecule has 2 rings (SSSR count). The van der Waals surface area contributed by atoms with Crippen LogP contribution < -0.4 is 4.83 Å². The van der Waals surface area contributed by atoms with Gasteiger partial charge in [0.2, 0.25) is 0 Å². The second-order valence-corrected chi connectivity index (χ2v) is 7.02. The predicted molar refractivity (Wildman–Crippen MR) is 91.5 cm³/mol. The van der Waals surface area contributed by atoms with Gasteiger partial charge in [-0.15, -0.1) is 0 Å². The Morgan fingerprint density at radius 3 is 2.33 bits per heavy atom. The highest BCUT2D eigenvalue weighted by Gasteiger charge is 2.19. The molecule has 0 saturated heterocycles. The van der Waals surface area contributed by atoms with Crippen LogP contribution in [0.3, 0.4) is 0 Å². The lowest BCUT2D eigenvalue weighted by Gasteiger charge is -2.06. The summed E-state index contributed by atoms with van der Waals surface area (Å²) in [5.74, 6) is 0. The number of benzene rings is 2. The third-order valence-corrected chi connectivity index (χ3v) is 4.70. The van der Waals surface area contributed by atoms with E-state index in [1.807, 2.05) is 31.2 Å². The van der Waals surface area contributed by atoms with E-state index in [0.29, 0.717) is 11.3 Å². The topological polar surface area (TPSA) is 102 Å². The fourth-order valence-corrected chi connectivity index (χ4v) is 2.87. The van der Waals surface area contributed by atoms with Gasteiger partial charge in [0.25, 0.3) is 15.7 Å². The van der Waals surface area contributed by atoms with Crippen LogP contribution in [-0.2, 0) is 10.0 Å². The fraction of sp³-hybridized carbons (Fsp3) is 0.188. The first-order valence-electron chi connectivity index (χ1n) is 7.09. The third kappa shape index (κ3) is 3.96. The number of hydrogen-bond donors (Lipinski definition) is 1. The molecule has 24 heavy (non-hydrogen) atoms. The molecule has 0 unspecified atom stereocenters. The normalized spacial score (nSPS) is 12.0. The van der Waals surface area contributed by atoms with Crippen molar-refractivity contribution in [1.29, 1.82) is 0 Å². The van der Waals surface area contributed by atoms with Gasteiger partial charge < -0.3 is 0 Å². The van der Waals surface area contributed by atoms with Gasteiger partial charge in [-0.2, -0.15) is 18.4 Å². The maximum Gasteiger partial charge on any atom is 0.276 e. The summed E-state index contributed by atoms with van der Waals surface area (Å²) in [4.78, 5) is 12.2. The van der Waals surface area contributed by atoms with E-state index in [1.165, 1.54) is 12.1 Å². The molecule has 7 nitrogen and oxygen atoms in total. The van der Waals surface area contributed by atoms with E-state index in [1.54, 1.807) is 13.8 Å². The molecule has 0 aliphatic heterocycles. The van der Waals surface area contributed by atoms with Gasteiger partial charge in [0.15, 0.2) is 0 Å². The Kier molecular flexibility index (Phi) is 4.99. The Morgan fingerprint density at radius 2 is 1.75 bits per heavy atom. The van der Waals surface area contributed by atoms with E-state index in [2.05, 4.69) is 9.93 Å². The molecular weight excluding hydrogens is 330 g/mol. The zero-order chi connectivity index (χ0) is 17.9. The Morgan fingerprint density at radius 1 is 1.12 bits per heavy atom. The molecule has 2 aromatic rings. The van der Waals surface area contributed by atoms with Crippen molar-refractivity contribution in [2.75, 3.05) is 0 Å². The van der Waals surface area contributed by atoms with Crippen LogP contribution in [0.25, 0.3) is 0 Å².